The van der Waals surface area contributed by atoms with E-state index < -0.39 is 0 Å². The van der Waals surface area contributed by atoms with E-state index in [0.29, 0.717) is 23.7 Å². The first-order valence-corrected chi connectivity index (χ1v) is 6.84. The van der Waals surface area contributed by atoms with Crippen LogP contribution in [0.5, 0.6) is 0 Å². The summed E-state index contributed by atoms with van der Waals surface area (Å²) in [4.78, 5) is 25.4. The Balaban J connectivity index is 2.26. The van der Waals surface area contributed by atoms with Gasteiger partial charge in [-0.1, -0.05) is 0 Å². The van der Waals surface area contributed by atoms with Gasteiger partial charge < -0.3 is 21.3 Å². The van der Waals surface area contributed by atoms with Crippen molar-refractivity contribution in [3.05, 3.63) is 5.56 Å². The fraction of sp³-hybridized carbons (Fsp3) is 0.545. The van der Waals surface area contributed by atoms with Crippen molar-refractivity contribution in [1.29, 1.82) is 0 Å². The fourth-order valence-electron chi connectivity index (χ4n) is 1.87. The van der Waals surface area contributed by atoms with Gasteiger partial charge in [0.25, 0.3) is 5.91 Å². The number of rotatable bonds is 3. The van der Waals surface area contributed by atoms with Crippen molar-refractivity contribution in [2.45, 2.75) is 19.9 Å². The third-order valence-corrected chi connectivity index (χ3v) is 3.60. The van der Waals surface area contributed by atoms with E-state index >= 15 is 0 Å². The van der Waals surface area contributed by atoms with E-state index in [1.54, 1.807) is 0 Å². The van der Waals surface area contributed by atoms with Crippen LogP contribution in [0.4, 0.5) is 10.8 Å². The molecule has 0 radical (unpaired) electrons. The number of nitrogens with one attached hydrogen (secondary N) is 2. The summed E-state index contributed by atoms with van der Waals surface area (Å²) in [5.41, 5.74) is 6.14. The molecule has 0 unspecified atom stereocenters. The molecule has 1 saturated heterocycles. The fourth-order valence-corrected chi connectivity index (χ4v) is 2.70. The average Bonchev–Trinajstić information content (AvgIpc) is 2.70. The summed E-state index contributed by atoms with van der Waals surface area (Å²) in [5, 5.41) is 6.20. The molecule has 0 saturated carbocycles. The molecular weight excluding hydrogens is 266 g/mol. The van der Waals surface area contributed by atoms with Gasteiger partial charge in [0.15, 0.2) is 5.82 Å². The first-order chi connectivity index (χ1) is 8.99. The van der Waals surface area contributed by atoms with E-state index in [2.05, 4.69) is 15.0 Å². The minimum Gasteiger partial charge on any atom is -0.382 e. The predicted molar refractivity (Wildman–Crippen MR) is 74.4 cm³/mol. The van der Waals surface area contributed by atoms with Crippen LogP contribution >= 0.6 is 11.5 Å². The monoisotopic (exact) mass is 283 g/mol. The molecule has 1 aliphatic heterocycles. The molecule has 0 aromatic carbocycles. The number of hydrogen-bond donors (Lipinski definition) is 3. The van der Waals surface area contributed by atoms with Crippen molar-refractivity contribution in [3.8, 4) is 0 Å². The topological polar surface area (TPSA) is 100 Å². The van der Waals surface area contributed by atoms with Crippen LogP contribution in [0, 0.1) is 0 Å². The van der Waals surface area contributed by atoms with Gasteiger partial charge in [0.05, 0.1) is 6.54 Å². The largest absolute Gasteiger partial charge is 0.382 e. The minimum absolute atomic E-state index is 0.0179. The smallest absolute Gasteiger partial charge is 0.258 e. The molecule has 7 nitrogen and oxygen atoms in total. The number of anilines is 2. The predicted octanol–water partition coefficient (Wildman–Crippen LogP) is -0.200. The van der Waals surface area contributed by atoms with Crippen molar-refractivity contribution < 1.29 is 9.59 Å². The molecule has 2 heterocycles. The van der Waals surface area contributed by atoms with Crippen LogP contribution in [-0.4, -0.2) is 41.9 Å². The molecule has 1 aromatic heterocycles. The molecule has 0 atom stereocenters. The molecule has 2 rings (SSSR count). The summed E-state index contributed by atoms with van der Waals surface area (Å²) in [7, 11) is 0. The number of carbonyl (C=O) groups is 2. The van der Waals surface area contributed by atoms with Crippen molar-refractivity contribution in [3.63, 3.8) is 0 Å². The lowest BCUT2D eigenvalue weighted by atomic mass is 10.2. The maximum absolute atomic E-state index is 12.1. The van der Waals surface area contributed by atoms with Gasteiger partial charge in [0.2, 0.25) is 5.91 Å². The summed E-state index contributed by atoms with van der Waals surface area (Å²) in [6.45, 7) is 5.19. The Morgan fingerprint density at radius 2 is 2.32 bits per heavy atom. The second-order valence-corrected chi connectivity index (χ2v) is 5.40. The molecule has 0 spiro atoms. The molecule has 4 N–H and O–H groups in total. The Morgan fingerprint density at radius 3 is 2.95 bits per heavy atom. The Morgan fingerprint density at radius 1 is 1.58 bits per heavy atom. The number of aromatic nitrogens is 1. The van der Waals surface area contributed by atoms with Crippen molar-refractivity contribution in [1.82, 2.24) is 15.0 Å². The van der Waals surface area contributed by atoms with Crippen LogP contribution < -0.4 is 21.3 Å². The number of carbonyl (C=O) groups excluding carboxylic acids is 2. The quantitative estimate of drug-likeness (QED) is 0.713. The number of nitrogen functional groups attached to an aromatic ring is 1. The van der Waals surface area contributed by atoms with Crippen LogP contribution in [0.2, 0.25) is 0 Å². The van der Waals surface area contributed by atoms with Crippen LogP contribution in [-0.2, 0) is 4.79 Å². The zero-order valence-electron chi connectivity index (χ0n) is 10.9. The second kappa shape index (κ2) is 5.43. The molecule has 2 amide bonds. The second-order valence-electron chi connectivity index (χ2n) is 4.65. The van der Waals surface area contributed by atoms with Gasteiger partial charge in [-0.2, -0.15) is 4.37 Å². The molecule has 0 bridgehead atoms. The van der Waals surface area contributed by atoms with Crippen LogP contribution in [0.3, 0.4) is 0 Å². The van der Waals surface area contributed by atoms with Crippen molar-refractivity contribution in [2.75, 3.05) is 30.3 Å². The number of nitrogens with zero attached hydrogens (tertiary/aromatic N) is 2. The lowest BCUT2D eigenvalue weighted by Crippen LogP contribution is -2.48. The Labute approximate surface area is 115 Å². The van der Waals surface area contributed by atoms with E-state index in [-0.39, 0.29) is 30.2 Å². The molecule has 1 aliphatic rings. The molecule has 1 aromatic rings. The third kappa shape index (κ3) is 2.95. The molecule has 1 fully saturated rings. The van der Waals surface area contributed by atoms with Gasteiger partial charge in [-0.15, -0.1) is 0 Å². The van der Waals surface area contributed by atoms with E-state index in [1.165, 1.54) is 0 Å². The van der Waals surface area contributed by atoms with Crippen LogP contribution in [0.15, 0.2) is 0 Å². The molecule has 19 heavy (non-hydrogen) atoms. The summed E-state index contributed by atoms with van der Waals surface area (Å²) in [6, 6.07) is 0.0179. The van der Waals surface area contributed by atoms with Gasteiger partial charge >= 0.3 is 0 Å². The van der Waals surface area contributed by atoms with Crippen LogP contribution in [0.25, 0.3) is 0 Å². The lowest BCUT2D eigenvalue weighted by molar-refractivity contribution is -0.120. The molecular formula is C11H17N5O2S. The molecule has 8 heteroatoms. The zero-order valence-corrected chi connectivity index (χ0v) is 11.7. The van der Waals surface area contributed by atoms with E-state index in [4.69, 9.17) is 5.73 Å². The van der Waals surface area contributed by atoms with Gasteiger partial charge in [-0.05, 0) is 25.4 Å². The summed E-state index contributed by atoms with van der Waals surface area (Å²) >= 11 is 1.15. The van der Waals surface area contributed by atoms with Gasteiger partial charge in [0.1, 0.15) is 10.6 Å². The maximum atomic E-state index is 12.1. The zero-order chi connectivity index (χ0) is 14.0. The Bertz CT molecular complexity index is 499. The number of hydrogen-bond acceptors (Lipinski definition) is 6. The summed E-state index contributed by atoms with van der Waals surface area (Å²) in [6.07, 6.45) is 0. The van der Waals surface area contributed by atoms with Crippen molar-refractivity contribution in [2.24, 2.45) is 0 Å². The number of amides is 2. The van der Waals surface area contributed by atoms with E-state index in [0.717, 1.165) is 11.5 Å². The minimum atomic E-state index is -0.248. The Kier molecular flexibility index (Phi) is 3.89. The highest BCUT2D eigenvalue weighted by atomic mass is 32.1. The van der Waals surface area contributed by atoms with Gasteiger partial charge in [-0.25, -0.2) is 0 Å². The normalized spacial score (nSPS) is 15.5. The van der Waals surface area contributed by atoms with Crippen LogP contribution in [0.1, 0.15) is 24.2 Å². The lowest BCUT2D eigenvalue weighted by Gasteiger charge is -2.27. The molecule has 0 aliphatic carbocycles. The van der Waals surface area contributed by atoms with Gasteiger partial charge in [-0.3, -0.25) is 9.59 Å². The van der Waals surface area contributed by atoms with E-state index in [9.17, 15) is 9.59 Å². The highest BCUT2D eigenvalue weighted by Crippen LogP contribution is 2.30. The first-order valence-electron chi connectivity index (χ1n) is 6.06. The maximum Gasteiger partial charge on any atom is 0.258 e. The standard InChI is InChI=1S/C11H17N5O2S/c1-6(2)14-10(18)8-9(12)15-19-11(8)16-4-3-13-7(17)5-16/h6H,3-5H2,1-2H3,(H2,12,15)(H,13,17)(H,14,18). The third-order valence-electron chi connectivity index (χ3n) is 2.67. The highest BCUT2D eigenvalue weighted by Gasteiger charge is 2.26. The first kappa shape index (κ1) is 13.6. The summed E-state index contributed by atoms with van der Waals surface area (Å²) < 4.78 is 4.03. The van der Waals surface area contributed by atoms with Crippen molar-refractivity contribution >= 4 is 34.2 Å². The number of nitrogens with two attached hydrogens (primary N) is 1. The molecule has 104 valence electrons. The highest BCUT2D eigenvalue weighted by molar-refractivity contribution is 7.11. The average molecular weight is 283 g/mol. The van der Waals surface area contributed by atoms with Gasteiger partial charge in [0, 0.05) is 19.1 Å². The SMILES string of the molecule is CC(C)NC(=O)c1c(N)nsc1N1CCNC(=O)C1. The Hall–Kier alpha value is -1.83. The summed E-state index contributed by atoms with van der Waals surface area (Å²) in [5.74, 6) is -0.0974. The number of piperazine rings is 1. The van der Waals surface area contributed by atoms with E-state index in [1.807, 2.05) is 18.7 Å².